The first-order chi connectivity index (χ1) is 14.9. The van der Waals surface area contributed by atoms with Crippen LogP contribution in [0.5, 0.6) is 5.75 Å². The van der Waals surface area contributed by atoms with Gasteiger partial charge in [-0.05, 0) is 36.4 Å². The monoisotopic (exact) mass is 465 g/mol. The van der Waals surface area contributed by atoms with Gasteiger partial charge in [0, 0.05) is 22.5 Å². The lowest BCUT2D eigenvalue weighted by Gasteiger charge is -2.16. The van der Waals surface area contributed by atoms with Gasteiger partial charge in [-0.1, -0.05) is 35.3 Å². The molecule has 3 aromatic rings. The van der Waals surface area contributed by atoms with Crippen LogP contribution < -0.4 is 10.1 Å². The zero-order valence-corrected chi connectivity index (χ0v) is 17.3. The summed E-state index contributed by atoms with van der Waals surface area (Å²) in [5, 5.41) is 13.7. The lowest BCUT2D eigenvalue weighted by molar-refractivity contribution is -0.0498. The minimum atomic E-state index is -2.92. The van der Waals surface area contributed by atoms with E-state index < -0.39 is 12.6 Å². The van der Waals surface area contributed by atoms with E-state index in [4.69, 9.17) is 23.2 Å². The number of hydrogen-bond acceptors (Lipinski definition) is 4. The zero-order valence-electron chi connectivity index (χ0n) is 15.8. The average Bonchev–Trinajstić information content (AvgIpc) is 3.36. The molecule has 31 heavy (non-hydrogen) atoms. The summed E-state index contributed by atoms with van der Waals surface area (Å²) in [6.07, 6.45) is 3.16. The predicted octanol–water partition coefficient (Wildman–Crippen LogP) is 5.28. The molecule has 0 bridgehead atoms. The van der Waals surface area contributed by atoms with Gasteiger partial charge in [-0.2, -0.15) is 19.0 Å². The molecule has 1 aliphatic rings. The number of anilines is 1. The number of carbonyl (C=O) groups excluding carboxylic acids is 1. The second kappa shape index (κ2) is 8.91. The van der Waals surface area contributed by atoms with E-state index in [0.717, 1.165) is 5.56 Å². The van der Waals surface area contributed by atoms with Gasteiger partial charge in [-0.15, -0.1) is 0 Å². The van der Waals surface area contributed by atoms with E-state index in [1.807, 2.05) is 12.1 Å². The molecule has 0 fully saturated rings. The van der Waals surface area contributed by atoms with E-state index in [-0.39, 0.29) is 18.3 Å². The molecule has 1 unspecified atom stereocenters. The molecule has 2 aromatic carbocycles. The maximum atomic E-state index is 12.8. The molecule has 11 heteroatoms. The Kier molecular flexibility index (Phi) is 6.06. The molecule has 2 heterocycles. The summed E-state index contributed by atoms with van der Waals surface area (Å²) in [6.45, 7) is -2.70. The number of aromatic nitrogens is 2. The molecule has 2 amide bonds. The number of amides is 2. The van der Waals surface area contributed by atoms with Gasteiger partial charge in [0.05, 0.1) is 23.5 Å². The highest BCUT2D eigenvalue weighted by Crippen LogP contribution is 2.26. The van der Waals surface area contributed by atoms with Crippen LogP contribution in [0.3, 0.4) is 0 Å². The molecular weight excluding hydrogens is 451 g/mol. The molecular formula is C20H15Cl2F2N5O2. The molecule has 1 aromatic heterocycles. The molecule has 0 saturated carbocycles. The summed E-state index contributed by atoms with van der Waals surface area (Å²) in [5.74, 6) is -0.00663. The van der Waals surface area contributed by atoms with Gasteiger partial charge in [-0.25, -0.2) is 9.80 Å². The summed E-state index contributed by atoms with van der Waals surface area (Å²) >= 11 is 12.0. The van der Waals surface area contributed by atoms with E-state index in [1.165, 1.54) is 35.5 Å². The van der Waals surface area contributed by atoms with Crippen LogP contribution in [0, 0.1) is 0 Å². The van der Waals surface area contributed by atoms with Crippen LogP contribution in [0.25, 0.3) is 0 Å². The highest BCUT2D eigenvalue weighted by Gasteiger charge is 2.33. The van der Waals surface area contributed by atoms with Gasteiger partial charge in [0.1, 0.15) is 11.8 Å². The van der Waals surface area contributed by atoms with Crippen molar-refractivity contribution in [2.75, 3.05) is 11.9 Å². The summed E-state index contributed by atoms with van der Waals surface area (Å²) in [5.41, 5.74) is 1.80. The minimum absolute atomic E-state index is 0.00663. The molecule has 160 valence electrons. The fourth-order valence-electron chi connectivity index (χ4n) is 3.09. The molecule has 0 saturated heterocycles. The quantitative estimate of drug-likeness (QED) is 0.556. The number of hydrazone groups is 1. The topological polar surface area (TPSA) is 71.8 Å². The molecule has 1 aliphatic heterocycles. The normalized spacial score (nSPS) is 15.8. The molecule has 0 spiro atoms. The number of halogens is 4. The molecule has 1 N–H and O–H groups in total. The number of benzene rings is 2. The van der Waals surface area contributed by atoms with Crippen molar-refractivity contribution >= 4 is 40.6 Å². The Balaban J connectivity index is 1.54. The van der Waals surface area contributed by atoms with Crippen LogP contribution in [-0.4, -0.2) is 39.7 Å². The number of nitrogens with zero attached hydrogens (tertiary/aromatic N) is 4. The number of rotatable bonds is 5. The second-order valence-corrected chi connectivity index (χ2v) is 7.43. The SMILES string of the molecule is O=C(Nc1ccc(OC(F)F)cc1)N1CC(n2cc(Cl)cn2)C(c2ccc(Cl)cc2)=N1. The van der Waals surface area contributed by atoms with Crippen molar-refractivity contribution in [3.05, 3.63) is 76.5 Å². The highest BCUT2D eigenvalue weighted by atomic mass is 35.5. The molecule has 0 aliphatic carbocycles. The Morgan fingerprint density at radius 3 is 2.42 bits per heavy atom. The standard InChI is InChI=1S/C20H15Cl2F2N5O2/c21-13-3-1-12(2-4-13)18-17(28-10-14(22)9-25-28)11-29(27-18)20(30)26-15-5-7-16(8-6-15)31-19(23)24/h1-10,17,19H,11H2,(H,26,30). The van der Waals surface area contributed by atoms with E-state index in [1.54, 1.807) is 23.0 Å². The van der Waals surface area contributed by atoms with Crippen LogP contribution in [-0.2, 0) is 0 Å². The van der Waals surface area contributed by atoms with Crippen molar-refractivity contribution in [3.63, 3.8) is 0 Å². The first kappa shape index (κ1) is 21.1. The zero-order chi connectivity index (χ0) is 22.0. The summed E-state index contributed by atoms with van der Waals surface area (Å²) in [4.78, 5) is 12.8. The maximum absolute atomic E-state index is 12.8. The van der Waals surface area contributed by atoms with E-state index in [0.29, 0.717) is 21.4 Å². The number of ether oxygens (including phenoxy) is 1. The summed E-state index contributed by atoms with van der Waals surface area (Å²) in [6, 6.07) is 11.8. The van der Waals surface area contributed by atoms with Gasteiger partial charge in [-0.3, -0.25) is 4.68 Å². The van der Waals surface area contributed by atoms with Crippen molar-refractivity contribution in [3.8, 4) is 5.75 Å². The van der Waals surface area contributed by atoms with Crippen LogP contribution in [0.4, 0.5) is 19.3 Å². The Labute approximate surface area is 185 Å². The fourth-order valence-corrected chi connectivity index (χ4v) is 3.36. The Hall–Kier alpha value is -3.17. The molecule has 7 nitrogen and oxygen atoms in total. The van der Waals surface area contributed by atoms with Crippen LogP contribution in [0.15, 0.2) is 66.0 Å². The third-order valence-electron chi connectivity index (χ3n) is 4.48. The first-order valence-corrected chi connectivity index (χ1v) is 9.82. The van der Waals surface area contributed by atoms with E-state index in [2.05, 4.69) is 20.3 Å². The van der Waals surface area contributed by atoms with Crippen LogP contribution in [0.2, 0.25) is 10.0 Å². The van der Waals surface area contributed by atoms with Crippen LogP contribution >= 0.6 is 23.2 Å². The molecule has 0 radical (unpaired) electrons. The Bertz CT molecular complexity index is 1100. The van der Waals surface area contributed by atoms with Crippen molar-refractivity contribution < 1.29 is 18.3 Å². The lowest BCUT2D eigenvalue weighted by Crippen LogP contribution is -2.31. The van der Waals surface area contributed by atoms with Gasteiger partial charge in [0.2, 0.25) is 0 Å². The largest absolute Gasteiger partial charge is 0.435 e. The summed E-state index contributed by atoms with van der Waals surface area (Å²) in [7, 11) is 0. The first-order valence-electron chi connectivity index (χ1n) is 9.06. The fraction of sp³-hybridized carbons (Fsp3) is 0.150. The number of alkyl halides is 2. The van der Waals surface area contributed by atoms with Crippen molar-refractivity contribution in [1.82, 2.24) is 14.8 Å². The van der Waals surface area contributed by atoms with E-state index >= 15 is 0 Å². The van der Waals surface area contributed by atoms with Crippen molar-refractivity contribution in [1.29, 1.82) is 0 Å². The number of nitrogens with one attached hydrogen (secondary N) is 1. The van der Waals surface area contributed by atoms with Gasteiger partial charge in [0.25, 0.3) is 0 Å². The smallest absolute Gasteiger partial charge is 0.387 e. The van der Waals surface area contributed by atoms with Gasteiger partial charge in [0.15, 0.2) is 0 Å². The van der Waals surface area contributed by atoms with Gasteiger partial charge >= 0.3 is 12.6 Å². The highest BCUT2D eigenvalue weighted by molar-refractivity contribution is 6.31. The third-order valence-corrected chi connectivity index (χ3v) is 4.93. The van der Waals surface area contributed by atoms with E-state index in [9.17, 15) is 13.6 Å². The van der Waals surface area contributed by atoms with Gasteiger partial charge < -0.3 is 10.1 Å². The van der Waals surface area contributed by atoms with Crippen LogP contribution in [0.1, 0.15) is 11.6 Å². The second-order valence-electron chi connectivity index (χ2n) is 6.56. The number of urea groups is 1. The Morgan fingerprint density at radius 2 is 1.81 bits per heavy atom. The predicted molar refractivity (Wildman–Crippen MR) is 113 cm³/mol. The maximum Gasteiger partial charge on any atom is 0.387 e. The Morgan fingerprint density at radius 1 is 1.10 bits per heavy atom. The minimum Gasteiger partial charge on any atom is -0.435 e. The lowest BCUT2D eigenvalue weighted by atomic mass is 10.0. The number of carbonyl (C=O) groups is 1. The average molecular weight is 466 g/mol. The van der Waals surface area contributed by atoms with Crippen molar-refractivity contribution in [2.24, 2.45) is 5.10 Å². The van der Waals surface area contributed by atoms with Crippen molar-refractivity contribution in [2.45, 2.75) is 12.7 Å². The molecule has 4 rings (SSSR count). The third kappa shape index (κ3) is 4.95. The molecule has 1 atom stereocenters. The number of hydrogen-bond donors (Lipinski definition) is 1. The summed E-state index contributed by atoms with van der Waals surface area (Å²) < 4.78 is 30.5.